The zero-order valence-corrected chi connectivity index (χ0v) is 17.2. The Hall–Kier alpha value is -2.82. The van der Waals surface area contributed by atoms with Crippen molar-refractivity contribution in [1.29, 1.82) is 0 Å². The predicted octanol–water partition coefficient (Wildman–Crippen LogP) is 5.92. The number of hydrogen-bond donors (Lipinski definition) is 0. The maximum Gasteiger partial charge on any atom is 0.338 e. The Labute approximate surface area is 179 Å². The predicted molar refractivity (Wildman–Crippen MR) is 113 cm³/mol. The fourth-order valence-electron chi connectivity index (χ4n) is 2.51. The molecule has 3 aromatic rings. The second-order valence-corrected chi connectivity index (χ2v) is 7.24. The summed E-state index contributed by atoms with van der Waals surface area (Å²) >= 11 is 11.7. The van der Waals surface area contributed by atoms with E-state index in [1.165, 1.54) is 18.2 Å². The molecule has 3 rings (SSSR count). The Morgan fingerprint density at radius 1 is 0.828 bits per heavy atom. The van der Waals surface area contributed by atoms with E-state index < -0.39 is 5.97 Å². The van der Waals surface area contributed by atoms with Crippen molar-refractivity contribution in [2.75, 3.05) is 6.61 Å². The molecule has 0 bridgehead atoms. The van der Waals surface area contributed by atoms with Crippen LogP contribution in [-0.4, -0.2) is 18.4 Å². The van der Waals surface area contributed by atoms with Gasteiger partial charge in [0, 0.05) is 5.56 Å². The molecule has 148 valence electrons. The van der Waals surface area contributed by atoms with Crippen LogP contribution in [0.25, 0.3) is 0 Å². The van der Waals surface area contributed by atoms with Crippen LogP contribution < -0.4 is 4.74 Å². The highest BCUT2D eigenvalue weighted by atomic mass is 35.5. The second kappa shape index (κ2) is 9.59. The number of esters is 1. The van der Waals surface area contributed by atoms with Gasteiger partial charge in [0.25, 0.3) is 0 Å². The molecule has 0 N–H and O–H groups in total. The lowest BCUT2D eigenvalue weighted by Gasteiger charge is -2.08. The van der Waals surface area contributed by atoms with Gasteiger partial charge < -0.3 is 9.47 Å². The Bertz CT molecular complexity index is 1010. The number of ether oxygens (including phenoxy) is 2. The first-order valence-corrected chi connectivity index (χ1v) is 9.62. The molecule has 0 radical (unpaired) electrons. The van der Waals surface area contributed by atoms with Crippen LogP contribution in [-0.2, 0) is 11.3 Å². The summed E-state index contributed by atoms with van der Waals surface area (Å²) in [7, 11) is 0. The average Bonchev–Trinajstić information content (AvgIpc) is 2.73. The summed E-state index contributed by atoms with van der Waals surface area (Å²) in [6.45, 7) is 2.02. The molecule has 0 aromatic heterocycles. The summed E-state index contributed by atoms with van der Waals surface area (Å²) in [5, 5.41) is 0.624. The first-order valence-electron chi connectivity index (χ1n) is 8.86. The zero-order chi connectivity index (χ0) is 20.8. The van der Waals surface area contributed by atoms with Crippen LogP contribution in [0.3, 0.4) is 0 Å². The minimum atomic E-state index is -0.579. The molecular formula is C23H18Cl2O4. The smallest absolute Gasteiger partial charge is 0.338 e. The van der Waals surface area contributed by atoms with Gasteiger partial charge in [-0.25, -0.2) is 4.79 Å². The molecular weight excluding hydrogens is 411 g/mol. The van der Waals surface area contributed by atoms with E-state index in [4.69, 9.17) is 32.7 Å². The quantitative estimate of drug-likeness (QED) is 0.346. The van der Waals surface area contributed by atoms with Gasteiger partial charge in [-0.05, 0) is 55.0 Å². The van der Waals surface area contributed by atoms with Gasteiger partial charge in [-0.3, -0.25) is 4.79 Å². The Morgan fingerprint density at radius 3 is 2.14 bits per heavy atom. The molecule has 0 heterocycles. The molecule has 6 heteroatoms. The number of benzene rings is 3. The molecule has 0 aliphatic heterocycles. The summed E-state index contributed by atoms with van der Waals surface area (Å²) in [6.07, 6.45) is 0. The van der Waals surface area contributed by atoms with Crippen molar-refractivity contribution in [2.45, 2.75) is 13.5 Å². The maximum absolute atomic E-state index is 12.2. The van der Waals surface area contributed by atoms with Gasteiger partial charge in [-0.1, -0.05) is 53.0 Å². The second-order valence-electron chi connectivity index (χ2n) is 6.43. The van der Waals surface area contributed by atoms with Crippen LogP contribution in [0.15, 0.2) is 66.7 Å². The maximum atomic E-state index is 12.2. The molecule has 0 aliphatic carbocycles. The number of aryl methyl sites for hydroxylation is 1. The van der Waals surface area contributed by atoms with E-state index in [2.05, 4.69) is 0 Å². The molecule has 0 unspecified atom stereocenters. The van der Waals surface area contributed by atoms with Crippen LogP contribution in [0.4, 0.5) is 0 Å². The molecule has 0 aliphatic rings. The standard InChI is InChI=1S/C23H18Cl2O4/c1-15-2-9-19(10-3-15)28-13-16-4-6-17(7-5-16)23(27)29-14-22(26)18-8-11-20(24)21(25)12-18/h2-12H,13-14H2,1H3. The molecule has 0 spiro atoms. The van der Waals surface area contributed by atoms with E-state index in [0.717, 1.165) is 16.9 Å². The summed E-state index contributed by atoms with van der Waals surface area (Å²) in [4.78, 5) is 24.3. The van der Waals surface area contributed by atoms with Crippen LogP contribution in [0.1, 0.15) is 31.8 Å². The highest BCUT2D eigenvalue weighted by Crippen LogP contribution is 2.23. The van der Waals surface area contributed by atoms with Gasteiger partial charge in [0.15, 0.2) is 12.4 Å². The lowest BCUT2D eigenvalue weighted by atomic mass is 10.1. The molecule has 0 fully saturated rings. The molecule has 29 heavy (non-hydrogen) atoms. The Kier molecular flexibility index (Phi) is 6.91. The largest absolute Gasteiger partial charge is 0.489 e. The molecule has 0 saturated carbocycles. The average molecular weight is 429 g/mol. The van der Waals surface area contributed by atoms with Gasteiger partial charge in [-0.15, -0.1) is 0 Å². The number of Topliss-reactive ketones (excluding diaryl/α,β-unsaturated/α-hetero) is 1. The summed E-state index contributed by atoms with van der Waals surface area (Å²) in [5.74, 6) is -0.163. The van der Waals surface area contributed by atoms with Crippen molar-refractivity contribution in [3.8, 4) is 5.75 Å². The normalized spacial score (nSPS) is 10.4. The van der Waals surface area contributed by atoms with E-state index in [1.807, 2.05) is 31.2 Å². The number of carbonyl (C=O) groups excluding carboxylic acids is 2. The van der Waals surface area contributed by atoms with Gasteiger partial charge in [-0.2, -0.15) is 0 Å². The number of carbonyl (C=O) groups is 2. The van der Waals surface area contributed by atoms with Crippen molar-refractivity contribution in [2.24, 2.45) is 0 Å². The van der Waals surface area contributed by atoms with Crippen LogP contribution in [0.2, 0.25) is 10.0 Å². The third kappa shape index (κ3) is 5.83. The number of hydrogen-bond acceptors (Lipinski definition) is 4. The fourth-order valence-corrected chi connectivity index (χ4v) is 2.80. The third-order valence-electron chi connectivity index (χ3n) is 4.19. The molecule has 4 nitrogen and oxygen atoms in total. The van der Waals surface area contributed by atoms with Gasteiger partial charge in [0.1, 0.15) is 12.4 Å². The van der Waals surface area contributed by atoms with Gasteiger partial charge >= 0.3 is 5.97 Å². The van der Waals surface area contributed by atoms with Crippen molar-refractivity contribution >= 4 is 35.0 Å². The van der Waals surface area contributed by atoms with Crippen molar-refractivity contribution in [3.05, 3.63) is 99.0 Å². The SMILES string of the molecule is Cc1ccc(OCc2ccc(C(=O)OCC(=O)c3ccc(Cl)c(Cl)c3)cc2)cc1. The van der Waals surface area contributed by atoms with E-state index in [1.54, 1.807) is 24.3 Å². The summed E-state index contributed by atoms with van der Waals surface area (Å²) in [6, 6.07) is 19.1. The van der Waals surface area contributed by atoms with Crippen molar-refractivity contribution in [3.63, 3.8) is 0 Å². The van der Waals surface area contributed by atoms with Gasteiger partial charge in [0.05, 0.1) is 15.6 Å². The fraction of sp³-hybridized carbons (Fsp3) is 0.130. The van der Waals surface area contributed by atoms with Crippen LogP contribution >= 0.6 is 23.2 Å². The number of halogens is 2. The van der Waals surface area contributed by atoms with E-state index in [9.17, 15) is 9.59 Å². The van der Waals surface area contributed by atoms with E-state index in [-0.39, 0.29) is 17.4 Å². The molecule has 0 saturated heterocycles. The Balaban J connectivity index is 1.52. The summed E-state index contributed by atoms with van der Waals surface area (Å²) < 4.78 is 10.8. The zero-order valence-electron chi connectivity index (χ0n) is 15.7. The first kappa shape index (κ1) is 20.9. The minimum Gasteiger partial charge on any atom is -0.489 e. The monoisotopic (exact) mass is 428 g/mol. The highest BCUT2D eigenvalue weighted by Gasteiger charge is 2.13. The first-order chi connectivity index (χ1) is 13.9. The third-order valence-corrected chi connectivity index (χ3v) is 4.93. The number of rotatable bonds is 7. The molecule has 0 amide bonds. The molecule has 0 atom stereocenters. The van der Waals surface area contributed by atoms with Gasteiger partial charge in [0.2, 0.25) is 0 Å². The topological polar surface area (TPSA) is 52.6 Å². The lowest BCUT2D eigenvalue weighted by Crippen LogP contribution is -2.14. The van der Waals surface area contributed by atoms with Crippen molar-refractivity contribution in [1.82, 2.24) is 0 Å². The molecule has 3 aromatic carbocycles. The summed E-state index contributed by atoms with van der Waals surface area (Å²) in [5.41, 5.74) is 2.76. The van der Waals surface area contributed by atoms with E-state index in [0.29, 0.717) is 22.8 Å². The van der Waals surface area contributed by atoms with Crippen LogP contribution in [0, 0.1) is 6.92 Å². The van der Waals surface area contributed by atoms with Crippen LogP contribution in [0.5, 0.6) is 5.75 Å². The number of ketones is 1. The highest BCUT2D eigenvalue weighted by molar-refractivity contribution is 6.42. The lowest BCUT2D eigenvalue weighted by molar-refractivity contribution is 0.0474. The minimum absolute atomic E-state index is 0.271. The van der Waals surface area contributed by atoms with Crippen molar-refractivity contribution < 1.29 is 19.1 Å². The van der Waals surface area contributed by atoms with E-state index >= 15 is 0 Å². The Morgan fingerprint density at radius 2 is 1.48 bits per heavy atom.